The molecule has 3 nitrogen and oxygen atoms in total. The second-order valence-corrected chi connectivity index (χ2v) is 1.10. The largest absolute Gasteiger partial charge is 0.438 e. The molecule has 0 unspecified atom stereocenters. The van der Waals surface area contributed by atoms with Gasteiger partial charge in [0.2, 0.25) is 0 Å². The predicted molar refractivity (Wildman–Crippen MR) is 23.4 cm³/mol. The zero-order valence-electron chi connectivity index (χ0n) is 4.13. The lowest BCUT2D eigenvalue weighted by Gasteiger charge is -2.01. The van der Waals surface area contributed by atoms with E-state index in [-0.39, 0.29) is 6.47 Å². The van der Waals surface area contributed by atoms with Gasteiger partial charge in [-0.2, -0.15) is 0 Å². The summed E-state index contributed by atoms with van der Waals surface area (Å²) in [5.74, 6) is 0. The first kappa shape index (κ1) is 6.43. The van der Waals surface area contributed by atoms with Gasteiger partial charge in [0.1, 0.15) is 0 Å². The van der Waals surface area contributed by atoms with Crippen molar-refractivity contribution in [2.75, 3.05) is 0 Å². The van der Waals surface area contributed by atoms with Gasteiger partial charge in [-0.05, 0) is 0 Å². The molecule has 3 heteroatoms. The first-order valence-corrected chi connectivity index (χ1v) is 2.08. The molecule has 0 aromatic rings. The number of hydrogen-bond acceptors (Lipinski definition) is 3. The Bertz CT molecular complexity index is 52.9. The molecule has 0 saturated heterocycles. The van der Waals surface area contributed by atoms with Crippen LogP contribution in [0.4, 0.5) is 0 Å². The Morgan fingerprint density at radius 1 is 2.00 bits per heavy atom. The van der Waals surface area contributed by atoms with E-state index in [1.807, 2.05) is 0 Å². The lowest BCUT2D eigenvalue weighted by atomic mass is 10.5. The summed E-state index contributed by atoms with van der Waals surface area (Å²) in [6.07, 6.45) is -0.476. The molecule has 0 rings (SSSR count). The number of carbonyl (C=O) groups is 1. The highest BCUT2D eigenvalue weighted by Gasteiger charge is 1.94. The number of aliphatic hydroxyl groups is 1. The average molecular weight is 104 g/mol. The smallest absolute Gasteiger partial charge is 0.295 e. The normalized spacial score (nSPS) is 12.9. The molecule has 0 fully saturated rings. The van der Waals surface area contributed by atoms with Crippen molar-refractivity contribution in [2.24, 2.45) is 0 Å². The van der Waals surface area contributed by atoms with Crippen molar-refractivity contribution in [1.82, 2.24) is 0 Å². The lowest BCUT2D eigenvalue weighted by molar-refractivity contribution is -0.151. The molecule has 0 aliphatic heterocycles. The van der Waals surface area contributed by atoms with E-state index in [0.717, 1.165) is 0 Å². The Balaban J connectivity index is 2.98. The van der Waals surface area contributed by atoms with Gasteiger partial charge in [-0.15, -0.1) is 0 Å². The van der Waals surface area contributed by atoms with Gasteiger partial charge >= 0.3 is 0 Å². The molecule has 7 heavy (non-hydrogen) atoms. The van der Waals surface area contributed by atoms with Crippen LogP contribution >= 0.6 is 0 Å². The molecule has 0 aliphatic rings. The number of ether oxygens (including phenoxy) is 1. The highest BCUT2D eigenvalue weighted by Crippen LogP contribution is 1.86. The maximum atomic E-state index is 9.39. The summed E-state index contributed by atoms with van der Waals surface area (Å²) < 4.78 is 4.07. The quantitative estimate of drug-likeness (QED) is 0.401. The maximum Gasteiger partial charge on any atom is 0.295 e. The first-order valence-electron chi connectivity index (χ1n) is 2.08. The standard InChI is InChI=1S/C4H8O3/c1-2-4(6)7-3-5/h3-4,6H,2H2,1H3/t4-/m0/s1. The van der Waals surface area contributed by atoms with Crippen molar-refractivity contribution in [2.45, 2.75) is 19.6 Å². The topological polar surface area (TPSA) is 46.5 Å². The zero-order chi connectivity index (χ0) is 5.70. The molecule has 0 aliphatic carbocycles. The van der Waals surface area contributed by atoms with Gasteiger partial charge in [-0.3, -0.25) is 4.79 Å². The van der Waals surface area contributed by atoms with E-state index in [1.54, 1.807) is 6.92 Å². The second-order valence-electron chi connectivity index (χ2n) is 1.10. The molecule has 0 bridgehead atoms. The molecule has 1 N–H and O–H groups in total. The third-order valence-corrected chi connectivity index (χ3v) is 0.562. The van der Waals surface area contributed by atoms with Gasteiger partial charge < -0.3 is 9.84 Å². The lowest BCUT2D eigenvalue weighted by Crippen LogP contribution is -2.07. The monoisotopic (exact) mass is 104 g/mol. The van der Waals surface area contributed by atoms with Crippen LogP contribution in [0.3, 0.4) is 0 Å². The van der Waals surface area contributed by atoms with Crippen molar-refractivity contribution in [3.05, 3.63) is 0 Å². The third kappa shape index (κ3) is 3.26. The van der Waals surface area contributed by atoms with E-state index in [0.29, 0.717) is 6.42 Å². The maximum absolute atomic E-state index is 9.39. The van der Waals surface area contributed by atoms with Crippen molar-refractivity contribution in [1.29, 1.82) is 0 Å². The molecule has 0 amide bonds. The average Bonchev–Trinajstić information content (AvgIpc) is 1.68. The van der Waals surface area contributed by atoms with E-state index >= 15 is 0 Å². The number of hydrogen-bond donors (Lipinski definition) is 1. The van der Waals surface area contributed by atoms with Crippen LogP contribution in [0.1, 0.15) is 13.3 Å². The summed E-state index contributed by atoms with van der Waals surface area (Å²) in [6.45, 7) is 1.95. The van der Waals surface area contributed by atoms with Crippen molar-refractivity contribution < 1.29 is 14.6 Å². The van der Waals surface area contributed by atoms with E-state index in [9.17, 15) is 4.79 Å². The Morgan fingerprint density at radius 3 is 2.71 bits per heavy atom. The fraction of sp³-hybridized carbons (Fsp3) is 0.750. The summed E-state index contributed by atoms with van der Waals surface area (Å²) in [6, 6.07) is 0. The van der Waals surface area contributed by atoms with Crippen LogP contribution in [-0.4, -0.2) is 17.9 Å². The SMILES string of the molecule is CC[C@@H](O)OC=O. The van der Waals surface area contributed by atoms with Crippen molar-refractivity contribution >= 4 is 6.47 Å². The van der Waals surface area contributed by atoms with E-state index in [4.69, 9.17) is 5.11 Å². The minimum absolute atomic E-state index is 0.230. The van der Waals surface area contributed by atoms with Gasteiger partial charge in [-0.1, -0.05) is 6.92 Å². The molecule has 0 radical (unpaired) electrons. The van der Waals surface area contributed by atoms with Gasteiger partial charge in [0.05, 0.1) is 0 Å². The van der Waals surface area contributed by atoms with Crippen LogP contribution in [-0.2, 0) is 9.53 Å². The van der Waals surface area contributed by atoms with Crippen LogP contribution in [0, 0.1) is 0 Å². The van der Waals surface area contributed by atoms with E-state index in [1.165, 1.54) is 0 Å². The first-order chi connectivity index (χ1) is 3.31. The molecule has 0 aromatic heterocycles. The summed E-state index contributed by atoms with van der Waals surface area (Å²) in [4.78, 5) is 9.39. The summed E-state index contributed by atoms with van der Waals surface area (Å²) in [5.41, 5.74) is 0. The van der Waals surface area contributed by atoms with Gasteiger partial charge in [0.15, 0.2) is 6.29 Å². The fourth-order valence-electron chi connectivity index (χ4n) is 0.160. The molecular formula is C4H8O3. The van der Waals surface area contributed by atoms with Gasteiger partial charge in [0.25, 0.3) is 6.47 Å². The number of aliphatic hydroxyl groups excluding tert-OH is 1. The molecule has 0 saturated carbocycles. The molecule has 0 heterocycles. The van der Waals surface area contributed by atoms with Crippen molar-refractivity contribution in [3.8, 4) is 0 Å². The molecule has 0 aromatic carbocycles. The molecule has 1 atom stereocenters. The third-order valence-electron chi connectivity index (χ3n) is 0.562. The number of rotatable bonds is 3. The zero-order valence-corrected chi connectivity index (χ0v) is 4.13. The predicted octanol–water partition coefficient (Wildman–Crippen LogP) is -0.112. The van der Waals surface area contributed by atoms with Gasteiger partial charge in [-0.25, -0.2) is 0 Å². The Hall–Kier alpha value is -0.570. The number of carbonyl (C=O) groups excluding carboxylic acids is 1. The van der Waals surface area contributed by atoms with Gasteiger partial charge in [0, 0.05) is 6.42 Å². The fourth-order valence-corrected chi connectivity index (χ4v) is 0.160. The molecule has 0 spiro atoms. The summed E-state index contributed by atoms with van der Waals surface area (Å²) >= 11 is 0. The minimum Gasteiger partial charge on any atom is -0.438 e. The van der Waals surface area contributed by atoms with Crippen LogP contribution in [0.25, 0.3) is 0 Å². The van der Waals surface area contributed by atoms with Crippen LogP contribution < -0.4 is 0 Å². The Morgan fingerprint density at radius 2 is 2.57 bits per heavy atom. The highest BCUT2D eigenvalue weighted by atomic mass is 16.6. The Labute approximate surface area is 41.9 Å². The molecule has 42 valence electrons. The van der Waals surface area contributed by atoms with Crippen LogP contribution in [0.5, 0.6) is 0 Å². The van der Waals surface area contributed by atoms with Crippen LogP contribution in [0.15, 0.2) is 0 Å². The van der Waals surface area contributed by atoms with Crippen LogP contribution in [0.2, 0.25) is 0 Å². The minimum atomic E-state index is -0.919. The highest BCUT2D eigenvalue weighted by molar-refractivity contribution is 5.37. The van der Waals surface area contributed by atoms with E-state index in [2.05, 4.69) is 4.74 Å². The second kappa shape index (κ2) is 3.61. The summed E-state index contributed by atoms with van der Waals surface area (Å²) in [5, 5.41) is 8.40. The van der Waals surface area contributed by atoms with E-state index < -0.39 is 6.29 Å². The van der Waals surface area contributed by atoms with Crippen molar-refractivity contribution in [3.63, 3.8) is 0 Å². The molecular weight excluding hydrogens is 96.0 g/mol. The summed E-state index contributed by atoms with van der Waals surface area (Å²) in [7, 11) is 0. The Kier molecular flexibility index (Phi) is 3.32.